The molecule has 1 aromatic rings. The van der Waals surface area contributed by atoms with Crippen LogP contribution < -0.4 is 10.2 Å². The molecule has 1 aliphatic rings. The molecule has 1 aromatic carbocycles. The summed E-state index contributed by atoms with van der Waals surface area (Å²) in [5.74, 6) is -1.14. The van der Waals surface area contributed by atoms with E-state index in [-0.39, 0.29) is 36.5 Å². The maximum atomic E-state index is 12.9. The second kappa shape index (κ2) is 8.73. The Labute approximate surface area is 157 Å². The third-order valence-corrected chi connectivity index (χ3v) is 4.99. The highest BCUT2D eigenvalue weighted by atomic mass is 19.4. The van der Waals surface area contributed by atoms with E-state index < -0.39 is 17.7 Å². The van der Waals surface area contributed by atoms with E-state index in [2.05, 4.69) is 10.2 Å². The van der Waals surface area contributed by atoms with E-state index in [9.17, 15) is 22.8 Å². The lowest BCUT2D eigenvalue weighted by Crippen LogP contribution is -2.44. The van der Waals surface area contributed by atoms with Gasteiger partial charge in [-0.25, -0.2) is 0 Å². The number of nitrogens with one attached hydrogen (secondary N) is 1. The standard InChI is InChI=1S/C19H26F3N3O2/c1-4-24(5-2)13(3)11-23-18(27)14-9-17(26)25(12-14)16-8-6-7-15(10-16)19(20,21)22/h6-8,10,13-14H,4-5,9,11-12H2,1-3H3,(H,23,27). The van der Waals surface area contributed by atoms with E-state index in [0.29, 0.717) is 6.54 Å². The Hall–Kier alpha value is -2.09. The third-order valence-electron chi connectivity index (χ3n) is 4.99. The van der Waals surface area contributed by atoms with Gasteiger partial charge in [-0.05, 0) is 38.2 Å². The van der Waals surface area contributed by atoms with Crippen molar-refractivity contribution in [2.24, 2.45) is 5.92 Å². The summed E-state index contributed by atoms with van der Waals surface area (Å²) >= 11 is 0. The highest BCUT2D eigenvalue weighted by Gasteiger charge is 2.37. The topological polar surface area (TPSA) is 52.7 Å². The smallest absolute Gasteiger partial charge is 0.354 e. The summed E-state index contributed by atoms with van der Waals surface area (Å²) in [5.41, 5.74) is -0.643. The van der Waals surface area contributed by atoms with Crippen LogP contribution in [0.2, 0.25) is 0 Å². The fraction of sp³-hybridized carbons (Fsp3) is 0.579. The zero-order valence-corrected chi connectivity index (χ0v) is 15.8. The Morgan fingerprint density at radius 2 is 2.00 bits per heavy atom. The number of likely N-dealkylation sites (N-methyl/N-ethyl adjacent to an activating group) is 1. The fourth-order valence-corrected chi connectivity index (χ4v) is 3.35. The van der Waals surface area contributed by atoms with Crippen LogP contribution >= 0.6 is 0 Å². The Morgan fingerprint density at radius 3 is 2.59 bits per heavy atom. The number of carbonyl (C=O) groups excluding carboxylic acids is 2. The summed E-state index contributed by atoms with van der Waals surface area (Å²) in [4.78, 5) is 28.1. The van der Waals surface area contributed by atoms with E-state index in [1.807, 2.05) is 20.8 Å². The van der Waals surface area contributed by atoms with Crippen molar-refractivity contribution in [1.29, 1.82) is 0 Å². The van der Waals surface area contributed by atoms with Crippen LogP contribution in [0.5, 0.6) is 0 Å². The molecule has 1 aliphatic heterocycles. The van der Waals surface area contributed by atoms with E-state index in [0.717, 1.165) is 25.2 Å². The molecule has 5 nitrogen and oxygen atoms in total. The minimum Gasteiger partial charge on any atom is -0.354 e. The Kier molecular flexibility index (Phi) is 6.86. The van der Waals surface area contributed by atoms with Crippen LogP contribution in [0.4, 0.5) is 18.9 Å². The number of anilines is 1. The van der Waals surface area contributed by atoms with Gasteiger partial charge >= 0.3 is 6.18 Å². The average molecular weight is 385 g/mol. The minimum absolute atomic E-state index is 0.00172. The second-order valence-electron chi connectivity index (χ2n) is 6.77. The molecule has 1 saturated heterocycles. The van der Waals surface area contributed by atoms with Crippen molar-refractivity contribution >= 4 is 17.5 Å². The number of alkyl halides is 3. The molecule has 2 rings (SSSR count). The quantitative estimate of drug-likeness (QED) is 0.785. The van der Waals surface area contributed by atoms with Crippen molar-refractivity contribution in [1.82, 2.24) is 10.2 Å². The van der Waals surface area contributed by atoms with Gasteiger partial charge in [0.25, 0.3) is 0 Å². The van der Waals surface area contributed by atoms with Gasteiger partial charge in [0.15, 0.2) is 0 Å². The summed E-state index contributed by atoms with van der Waals surface area (Å²) < 4.78 is 38.7. The van der Waals surface area contributed by atoms with Crippen LogP contribution in [0.15, 0.2) is 24.3 Å². The number of nitrogens with zero attached hydrogens (tertiary/aromatic N) is 2. The minimum atomic E-state index is -4.48. The second-order valence-corrected chi connectivity index (χ2v) is 6.77. The lowest BCUT2D eigenvalue weighted by atomic mass is 10.1. The predicted octanol–water partition coefficient (Wildman–Crippen LogP) is 2.90. The molecule has 0 saturated carbocycles. The molecular weight excluding hydrogens is 359 g/mol. The molecule has 0 spiro atoms. The highest BCUT2D eigenvalue weighted by Crippen LogP contribution is 2.33. The van der Waals surface area contributed by atoms with Crippen molar-refractivity contribution in [3.63, 3.8) is 0 Å². The first kappa shape index (κ1) is 21.2. The first-order chi connectivity index (χ1) is 12.7. The molecule has 0 aliphatic carbocycles. The van der Waals surface area contributed by atoms with Crippen LogP contribution in [-0.4, -0.2) is 48.9 Å². The fourth-order valence-electron chi connectivity index (χ4n) is 3.35. The van der Waals surface area contributed by atoms with E-state index in [4.69, 9.17) is 0 Å². The van der Waals surface area contributed by atoms with Crippen LogP contribution in [-0.2, 0) is 15.8 Å². The number of benzene rings is 1. The lowest BCUT2D eigenvalue weighted by Gasteiger charge is -2.26. The Balaban J connectivity index is 2.00. The van der Waals surface area contributed by atoms with Crippen LogP contribution in [0, 0.1) is 5.92 Å². The summed E-state index contributed by atoms with van der Waals surface area (Å²) in [6.45, 7) is 8.41. The SMILES string of the molecule is CCN(CC)C(C)CNC(=O)C1CC(=O)N(c2cccc(C(F)(F)F)c2)C1. The molecule has 1 fully saturated rings. The van der Waals surface area contributed by atoms with Gasteiger partial charge in [-0.3, -0.25) is 14.5 Å². The normalized spacial score (nSPS) is 18.9. The molecule has 0 aromatic heterocycles. The number of carbonyl (C=O) groups is 2. The Bertz CT molecular complexity index is 674. The molecular formula is C19H26F3N3O2. The number of amides is 2. The monoisotopic (exact) mass is 385 g/mol. The molecule has 27 heavy (non-hydrogen) atoms. The van der Waals surface area contributed by atoms with E-state index in [1.54, 1.807) is 0 Å². The zero-order valence-electron chi connectivity index (χ0n) is 15.8. The number of rotatable bonds is 7. The number of hydrogen-bond acceptors (Lipinski definition) is 3. The summed E-state index contributed by atoms with van der Waals surface area (Å²) in [6.07, 6.45) is -4.47. The van der Waals surface area contributed by atoms with Crippen LogP contribution in [0.1, 0.15) is 32.8 Å². The molecule has 0 bridgehead atoms. The zero-order chi connectivity index (χ0) is 20.2. The van der Waals surface area contributed by atoms with E-state index >= 15 is 0 Å². The molecule has 2 unspecified atom stereocenters. The van der Waals surface area contributed by atoms with Crippen molar-refractivity contribution < 1.29 is 22.8 Å². The first-order valence-electron chi connectivity index (χ1n) is 9.16. The van der Waals surface area contributed by atoms with Crippen LogP contribution in [0.25, 0.3) is 0 Å². The van der Waals surface area contributed by atoms with Gasteiger partial charge in [-0.15, -0.1) is 0 Å². The van der Waals surface area contributed by atoms with Gasteiger partial charge in [-0.2, -0.15) is 13.2 Å². The maximum Gasteiger partial charge on any atom is 0.416 e. The third kappa shape index (κ3) is 5.22. The molecule has 0 radical (unpaired) electrons. The lowest BCUT2D eigenvalue weighted by molar-refractivity contribution is -0.137. The van der Waals surface area contributed by atoms with Crippen molar-refractivity contribution in [2.75, 3.05) is 31.1 Å². The molecule has 8 heteroatoms. The number of hydrogen-bond donors (Lipinski definition) is 1. The maximum absolute atomic E-state index is 12.9. The average Bonchev–Trinajstić information content (AvgIpc) is 3.02. The van der Waals surface area contributed by atoms with Gasteiger partial charge in [0.05, 0.1) is 11.5 Å². The van der Waals surface area contributed by atoms with Crippen molar-refractivity contribution in [3.05, 3.63) is 29.8 Å². The van der Waals surface area contributed by atoms with Gasteiger partial charge in [0, 0.05) is 31.2 Å². The highest BCUT2D eigenvalue weighted by molar-refractivity contribution is 6.00. The van der Waals surface area contributed by atoms with Gasteiger partial charge < -0.3 is 10.2 Å². The van der Waals surface area contributed by atoms with Gasteiger partial charge in [0.1, 0.15) is 0 Å². The molecule has 2 atom stereocenters. The van der Waals surface area contributed by atoms with Gasteiger partial charge in [0.2, 0.25) is 11.8 Å². The van der Waals surface area contributed by atoms with E-state index in [1.165, 1.54) is 17.0 Å². The molecule has 1 N–H and O–H groups in total. The molecule has 2 amide bonds. The summed E-state index contributed by atoms with van der Waals surface area (Å²) in [5, 5.41) is 2.86. The molecule has 150 valence electrons. The van der Waals surface area contributed by atoms with Gasteiger partial charge in [-0.1, -0.05) is 19.9 Å². The summed E-state index contributed by atoms with van der Waals surface area (Å²) in [7, 11) is 0. The Morgan fingerprint density at radius 1 is 1.33 bits per heavy atom. The van der Waals surface area contributed by atoms with Crippen molar-refractivity contribution in [3.8, 4) is 0 Å². The van der Waals surface area contributed by atoms with Crippen molar-refractivity contribution in [2.45, 2.75) is 39.4 Å². The predicted molar refractivity (Wildman–Crippen MR) is 97.3 cm³/mol. The molecule has 1 heterocycles. The number of halogens is 3. The first-order valence-corrected chi connectivity index (χ1v) is 9.16. The summed E-state index contributed by atoms with van der Waals surface area (Å²) in [6, 6.07) is 4.80. The largest absolute Gasteiger partial charge is 0.416 e. The van der Waals surface area contributed by atoms with Crippen LogP contribution in [0.3, 0.4) is 0 Å².